The van der Waals surface area contributed by atoms with Crippen LogP contribution in [0.5, 0.6) is 0 Å². The van der Waals surface area contributed by atoms with E-state index >= 15 is 0 Å². The summed E-state index contributed by atoms with van der Waals surface area (Å²) in [6, 6.07) is 28.2. The summed E-state index contributed by atoms with van der Waals surface area (Å²) in [5, 5.41) is 6.18. The number of benzene rings is 3. The lowest BCUT2D eigenvalue weighted by molar-refractivity contribution is -0.122. The van der Waals surface area contributed by atoms with E-state index in [2.05, 4.69) is 15.6 Å². The average molecular weight is 473 g/mol. The molecule has 1 heterocycles. The Morgan fingerprint density at radius 2 is 1.41 bits per heavy atom. The minimum absolute atomic E-state index is 0.0409. The predicted octanol–water partition coefficient (Wildman–Crippen LogP) is 4.28. The first-order valence-electron chi connectivity index (χ1n) is 11.0. The summed E-state index contributed by atoms with van der Waals surface area (Å²) in [5.41, 5.74) is 2.56. The van der Waals surface area contributed by atoms with Crippen molar-refractivity contribution in [2.45, 2.75) is 25.6 Å². The van der Waals surface area contributed by atoms with Crippen LogP contribution in [-0.4, -0.2) is 21.5 Å². The first-order chi connectivity index (χ1) is 16.6. The van der Waals surface area contributed by atoms with Gasteiger partial charge in [-0.1, -0.05) is 103 Å². The summed E-state index contributed by atoms with van der Waals surface area (Å²) in [6.07, 6.45) is 1.89. The number of hydrogen-bond acceptors (Lipinski definition) is 4. The molecular weight excluding hydrogens is 448 g/mol. The highest BCUT2D eigenvalue weighted by molar-refractivity contribution is 6.29. The van der Waals surface area contributed by atoms with Crippen LogP contribution in [0.15, 0.2) is 102 Å². The maximum Gasteiger partial charge on any atom is 0.293 e. The van der Waals surface area contributed by atoms with Crippen LogP contribution < -0.4 is 16.2 Å². The van der Waals surface area contributed by atoms with E-state index in [1.54, 1.807) is 0 Å². The summed E-state index contributed by atoms with van der Waals surface area (Å²) in [7, 11) is 0. The number of carbonyl (C=O) groups is 1. The van der Waals surface area contributed by atoms with Crippen LogP contribution in [0, 0.1) is 0 Å². The molecular formula is C27H25ClN4O2. The molecule has 0 aliphatic carbocycles. The van der Waals surface area contributed by atoms with Crippen LogP contribution in [0.2, 0.25) is 5.15 Å². The van der Waals surface area contributed by atoms with Crippen LogP contribution >= 0.6 is 11.6 Å². The number of hydrogen-bond donors (Lipinski definition) is 2. The number of aromatic nitrogens is 2. The molecule has 1 unspecified atom stereocenters. The van der Waals surface area contributed by atoms with Crippen LogP contribution in [-0.2, 0) is 24.3 Å². The summed E-state index contributed by atoms with van der Waals surface area (Å²) in [4.78, 5) is 30.5. The lowest BCUT2D eigenvalue weighted by atomic mass is 10.1. The fraction of sp³-hybridized carbons (Fsp3) is 0.148. The first kappa shape index (κ1) is 23.3. The molecule has 0 saturated carbocycles. The summed E-state index contributed by atoms with van der Waals surface area (Å²) >= 11 is 6.24. The van der Waals surface area contributed by atoms with Crippen molar-refractivity contribution in [2.24, 2.45) is 0 Å². The minimum Gasteiger partial charge on any atom is -0.353 e. The highest BCUT2D eigenvalue weighted by Gasteiger charge is 2.21. The van der Waals surface area contributed by atoms with Crippen molar-refractivity contribution < 1.29 is 4.79 Å². The molecule has 4 rings (SSSR count). The zero-order chi connectivity index (χ0) is 23.8. The van der Waals surface area contributed by atoms with Gasteiger partial charge in [-0.25, -0.2) is 4.98 Å². The Morgan fingerprint density at radius 1 is 0.853 bits per heavy atom. The van der Waals surface area contributed by atoms with Crippen molar-refractivity contribution in [1.29, 1.82) is 0 Å². The van der Waals surface area contributed by atoms with E-state index in [0.717, 1.165) is 16.7 Å². The van der Waals surface area contributed by atoms with E-state index in [9.17, 15) is 9.59 Å². The summed E-state index contributed by atoms with van der Waals surface area (Å²) in [5.74, 6) is -0.192. The second kappa shape index (κ2) is 11.3. The van der Waals surface area contributed by atoms with Gasteiger partial charge < -0.3 is 15.2 Å². The van der Waals surface area contributed by atoms with Gasteiger partial charge in [0, 0.05) is 19.2 Å². The lowest BCUT2D eigenvalue weighted by Gasteiger charge is -2.20. The largest absolute Gasteiger partial charge is 0.353 e. The molecule has 0 saturated heterocycles. The van der Waals surface area contributed by atoms with Gasteiger partial charge in [0.15, 0.2) is 5.82 Å². The topological polar surface area (TPSA) is 76.0 Å². The maximum atomic E-state index is 13.2. The fourth-order valence-corrected chi connectivity index (χ4v) is 3.83. The van der Waals surface area contributed by atoms with Crippen LogP contribution in [0.3, 0.4) is 0 Å². The molecule has 0 aliphatic rings. The molecule has 4 aromatic rings. The van der Waals surface area contributed by atoms with Crippen molar-refractivity contribution in [1.82, 2.24) is 14.9 Å². The van der Waals surface area contributed by atoms with E-state index in [1.165, 1.54) is 10.8 Å². The monoisotopic (exact) mass is 472 g/mol. The quantitative estimate of drug-likeness (QED) is 0.381. The van der Waals surface area contributed by atoms with Crippen molar-refractivity contribution in [2.75, 3.05) is 5.32 Å². The van der Waals surface area contributed by atoms with Gasteiger partial charge >= 0.3 is 0 Å². The molecule has 0 spiro atoms. The molecule has 0 radical (unpaired) electrons. The number of anilines is 1. The number of rotatable bonds is 9. The Labute approximate surface area is 203 Å². The van der Waals surface area contributed by atoms with E-state index in [-0.39, 0.29) is 22.4 Å². The predicted molar refractivity (Wildman–Crippen MR) is 135 cm³/mol. The zero-order valence-corrected chi connectivity index (χ0v) is 19.3. The van der Waals surface area contributed by atoms with E-state index < -0.39 is 6.04 Å². The zero-order valence-electron chi connectivity index (χ0n) is 18.5. The average Bonchev–Trinajstić information content (AvgIpc) is 2.87. The first-order valence-corrected chi connectivity index (χ1v) is 11.4. The number of amides is 1. The lowest BCUT2D eigenvalue weighted by Crippen LogP contribution is -2.42. The minimum atomic E-state index is -0.713. The number of nitrogens with one attached hydrogen (secondary N) is 2. The third-order valence-corrected chi connectivity index (χ3v) is 5.54. The Balaban J connectivity index is 1.57. The van der Waals surface area contributed by atoms with Crippen molar-refractivity contribution >= 4 is 23.3 Å². The normalized spacial score (nSPS) is 11.6. The molecule has 1 amide bonds. The van der Waals surface area contributed by atoms with Gasteiger partial charge in [0.1, 0.15) is 11.2 Å². The molecule has 3 aromatic carbocycles. The highest BCUT2D eigenvalue weighted by Crippen LogP contribution is 2.12. The third-order valence-electron chi connectivity index (χ3n) is 5.36. The third kappa shape index (κ3) is 6.33. The van der Waals surface area contributed by atoms with Crippen molar-refractivity contribution in [3.63, 3.8) is 0 Å². The number of carbonyl (C=O) groups excluding carboxylic acids is 1. The smallest absolute Gasteiger partial charge is 0.293 e. The SMILES string of the molecule is O=C(NCc1ccccc1)C(Cc1ccccc1)Nc1nc(Cl)cn(Cc2ccccc2)c1=O. The molecule has 0 aliphatic heterocycles. The van der Waals surface area contributed by atoms with E-state index in [1.807, 2.05) is 91.0 Å². The van der Waals surface area contributed by atoms with E-state index in [0.29, 0.717) is 19.5 Å². The van der Waals surface area contributed by atoms with Crippen molar-refractivity contribution in [3.8, 4) is 0 Å². The molecule has 172 valence electrons. The Bertz CT molecular complexity index is 1280. The van der Waals surface area contributed by atoms with Crippen molar-refractivity contribution in [3.05, 3.63) is 129 Å². The van der Waals surface area contributed by atoms with Gasteiger partial charge in [-0.2, -0.15) is 0 Å². The second-order valence-corrected chi connectivity index (χ2v) is 8.31. The Kier molecular flexibility index (Phi) is 7.73. The molecule has 34 heavy (non-hydrogen) atoms. The fourth-order valence-electron chi connectivity index (χ4n) is 3.63. The molecule has 0 fully saturated rings. The van der Waals surface area contributed by atoms with Gasteiger partial charge in [-0.15, -0.1) is 0 Å². The van der Waals surface area contributed by atoms with Gasteiger partial charge in [0.05, 0.1) is 6.54 Å². The van der Waals surface area contributed by atoms with Gasteiger partial charge in [0.25, 0.3) is 5.56 Å². The summed E-state index contributed by atoms with van der Waals surface area (Å²) < 4.78 is 1.49. The maximum absolute atomic E-state index is 13.2. The van der Waals surface area contributed by atoms with Crippen LogP contribution in [0.25, 0.3) is 0 Å². The molecule has 6 nitrogen and oxygen atoms in total. The Morgan fingerprint density at radius 3 is 2.03 bits per heavy atom. The molecule has 1 atom stereocenters. The number of halogens is 1. The van der Waals surface area contributed by atoms with Gasteiger partial charge in [-0.3, -0.25) is 9.59 Å². The molecule has 1 aromatic heterocycles. The highest BCUT2D eigenvalue weighted by atomic mass is 35.5. The molecule has 0 bridgehead atoms. The van der Waals surface area contributed by atoms with Gasteiger partial charge in [0.2, 0.25) is 5.91 Å². The standard InChI is InChI=1S/C27H25ClN4O2/c28-24-19-32(18-22-14-8-3-9-15-22)27(34)25(31-24)30-23(16-20-10-4-1-5-11-20)26(33)29-17-21-12-6-2-7-13-21/h1-15,19,23H,16-18H2,(H,29,33)(H,30,31). The molecule has 2 N–H and O–H groups in total. The van der Waals surface area contributed by atoms with E-state index in [4.69, 9.17) is 11.6 Å². The summed E-state index contributed by atoms with van der Waals surface area (Å²) in [6.45, 7) is 0.730. The van der Waals surface area contributed by atoms with Gasteiger partial charge in [-0.05, 0) is 16.7 Å². The molecule has 7 heteroatoms. The van der Waals surface area contributed by atoms with Crippen LogP contribution in [0.1, 0.15) is 16.7 Å². The Hall–Kier alpha value is -3.90. The van der Waals surface area contributed by atoms with Crippen LogP contribution in [0.4, 0.5) is 5.82 Å². The number of nitrogens with zero attached hydrogens (tertiary/aromatic N) is 2. The second-order valence-electron chi connectivity index (χ2n) is 7.92.